The molecule has 22 heteroatoms. The number of hydrogen-bond acceptors (Lipinski definition) is 12. The van der Waals surface area contributed by atoms with Gasteiger partial charge in [0, 0.05) is 61.0 Å². The highest BCUT2D eigenvalue weighted by atomic mass is 19.1. The molecule has 4 heterocycles. The first-order valence-corrected chi connectivity index (χ1v) is 21.5. The number of piperazine rings is 2. The Hall–Kier alpha value is -6.94. The third-order valence-electron chi connectivity index (χ3n) is 10.6. The minimum Gasteiger partial charge on any atom is -0.550 e. The molecule has 6 rings (SSSR count). The van der Waals surface area contributed by atoms with Gasteiger partial charge in [0.2, 0.25) is 10.9 Å². The zero-order valence-electron chi connectivity index (χ0n) is 36.8. The first kappa shape index (κ1) is 53.4. The van der Waals surface area contributed by atoms with Crippen molar-refractivity contribution in [1.29, 1.82) is 0 Å². The summed E-state index contributed by atoms with van der Waals surface area (Å²) in [6.45, 7) is 11.3. The third kappa shape index (κ3) is 15.6. The second-order valence-corrected chi connectivity index (χ2v) is 15.2. The SMILES string of the molecule is CCn1cc(C(=O)O)c(=O)c2cc(F)c(N3CC[NH2+]CC3)cc21.CCn1cc(C(=O)O)c(=O)c2cc(F)c(N3CC[NH2+]CC3)cc21.O=C(O)CCCCC(=O)O.O=C([O-])CCCCC(=O)[O-]. The molecule has 2 aliphatic heterocycles. The van der Waals surface area contributed by atoms with Crippen molar-refractivity contribution in [3.63, 3.8) is 0 Å². The van der Waals surface area contributed by atoms with Crippen molar-refractivity contribution in [2.75, 3.05) is 62.2 Å². The molecule has 0 aliphatic carbocycles. The Morgan fingerprint density at radius 2 is 0.879 bits per heavy atom. The number of carbonyl (C=O) groups is 6. The number of carbonyl (C=O) groups excluding carboxylic acids is 2. The average Bonchev–Trinajstić information content (AvgIpc) is 3.27. The van der Waals surface area contributed by atoms with Crippen molar-refractivity contribution >= 4 is 69.0 Å². The van der Waals surface area contributed by atoms with Gasteiger partial charge in [-0.1, -0.05) is 0 Å². The molecule has 20 nitrogen and oxygen atoms in total. The highest BCUT2D eigenvalue weighted by molar-refractivity contribution is 5.94. The Bertz CT molecular complexity index is 2290. The smallest absolute Gasteiger partial charge is 0.341 e. The van der Waals surface area contributed by atoms with Crippen molar-refractivity contribution in [3.05, 3.63) is 79.9 Å². The summed E-state index contributed by atoms with van der Waals surface area (Å²) in [4.78, 5) is 90.3. The van der Waals surface area contributed by atoms with Gasteiger partial charge in [-0.05, 0) is 76.6 Å². The molecule has 0 saturated carbocycles. The topological polar surface area (TPSA) is 313 Å². The van der Waals surface area contributed by atoms with Crippen LogP contribution >= 0.6 is 0 Å². The number of aromatic carboxylic acids is 2. The summed E-state index contributed by atoms with van der Waals surface area (Å²) < 4.78 is 32.4. The van der Waals surface area contributed by atoms with Crippen LogP contribution in [0.2, 0.25) is 0 Å². The van der Waals surface area contributed by atoms with Gasteiger partial charge in [0.25, 0.3) is 0 Å². The molecule has 4 aromatic rings. The fourth-order valence-corrected chi connectivity index (χ4v) is 7.19. The number of aliphatic carboxylic acids is 4. The molecule has 0 unspecified atom stereocenters. The number of aromatic nitrogens is 2. The van der Waals surface area contributed by atoms with E-state index in [2.05, 4.69) is 10.6 Å². The fraction of sp³-hybridized carbons (Fsp3) is 0.455. The van der Waals surface area contributed by atoms with Crippen molar-refractivity contribution in [3.8, 4) is 0 Å². The predicted molar refractivity (Wildman–Crippen MR) is 232 cm³/mol. The van der Waals surface area contributed by atoms with Crippen molar-refractivity contribution < 1.29 is 78.8 Å². The highest BCUT2D eigenvalue weighted by Crippen LogP contribution is 2.27. The van der Waals surface area contributed by atoms with Crippen LogP contribution in [0.3, 0.4) is 0 Å². The van der Waals surface area contributed by atoms with Crippen LogP contribution in [0, 0.1) is 11.6 Å². The van der Waals surface area contributed by atoms with E-state index in [1.807, 2.05) is 23.6 Å². The van der Waals surface area contributed by atoms with Crippen LogP contribution in [0.1, 0.15) is 85.9 Å². The van der Waals surface area contributed by atoms with E-state index in [1.165, 1.54) is 24.5 Å². The summed E-state index contributed by atoms with van der Waals surface area (Å²) in [7, 11) is 0. The molecule has 0 atom stereocenters. The van der Waals surface area contributed by atoms with Crippen LogP contribution in [0.15, 0.2) is 46.2 Å². The van der Waals surface area contributed by atoms with Crippen LogP contribution in [0.25, 0.3) is 21.8 Å². The van der Waals surface area contributed by atoms with E-state index in [-0.39, 0.29) is 47.6 Å². The summed E-state index contributed by atoms with van der Waals surface area (Å²) >= 11 is 0. The number of pyridine rings is 2. The normalized spacial score (nSPS) is 13.3. The van der Waals surface area contributed by atoms with Crippen LogP contribution in [0.5, 0.6) is 0 Å². The molecule has 2 saturated heterocycles. The third-order valence-corrected chi connectivity index (χ3v) is 10.6. The van der Waals surface area contributed by atoms with Crippen LogP contribution in [-0.2, 0) is 32.3 Å². The molecule has 0 spiro atoms. The summed E-state index contributed by atoms with van der Waals surface area (Å²) in [5.41, 5.74) is 0.106. The number of carboxylic acid groups (broad SMARTS) is 6. The molecule has 2 aliphatic rings. The number of benzene rings is 2. The van der Waals surface area contributed by atoms with Gasteiger partial charge in [-0.2, -0.15) is 0 Å². The number of aryl methyl sites for hydroxylation is 2. The summed E-state index contributed by atoms with van der Waals surface area (Å²) in [5.74, 6) is -7.58. The molecule has 2 aromatic carbocycles. The van der Waals surface area contributed by atoms with Gasteiger partial charge in [-0.25, -0.2) is 18.4 Å². The summed E-state index contributed by atoms with van der Waals surface area (Å²) in [6, 6.07) is 5.66. The fourth-order valence-electron chi connectivity index (χ4n) is 7.19. The predicted octanol–water partition coefficient (Wildman–Crippen LogP) is -0.753. The number of quaternary nitrogens is 2. The van der Waals surface area contributed by atoms with E-state index < -0.39 is 58.3 Å². The van der Waals surface area contributed by atoms with Gasteiger partial charge < -0.3 is 69.8 Å². The summed E-state index contributed by atoms with van der Waals surface area (Å²) in [6.07, 6.45) is 4.22. The minimum absolute atomic E-state index is 0.0628. The second kappa shape index (κ2) is 26.1. The molecule has 2 fully saturated rings. The quantitative estimate of drug-likeness (QED) is 0.0753. The van der Waals surface area contributed by atoms with Gasteiger partial charge in [-0.3, -0.25) is 19.2 Å². The molecule has 2 aromatic heterocycles. The molecule has 360 valence electrons. The van der Waals surface area contributed by atoms with E-state index in [1.54, 1.807) is 21.3 Å². The lowest BCUT2D eigenvalue weighted by molar-refractivity contribution is -0.655. The summed E-state index contributed by atoms with van der Waals surface area (Å²) in [5, 5.41) is 58.7. The minimum atomic E-state index is -1.30. The van der Waals surface area contributed by atoms with E-state index in [9.17, 15) is 57.4 Å². The molecule has 0 radical (unpaired) electrons. The van der Waals surface area contributed by atoms with Crippen molar-refractivity contribution in [2.45, 2.75) is 78.3 Å². The molecule has 66 heavy (non-hydrogen) atoms. The maximum atomic E-state index is 14.5. The standard InChI is InChI=1S/2C16H18FN3O3.2C6H10O4/c2*1-2-19-9-11(16(22)23)15(21)10-7-12(17)14(8-13(10)19)20-5-3-18-4-6-20;2*7-5(8)3-1-2-4-6(9)10/h2*7-9,18H,2-6H2,1H3,(H,22,23);2*1-4H2,(H,7,8)(H,9,10). The average molecular weight is 931 g/mol. The Labute approximate surface area is 376 Å². The Morgan fingerprint density at radius 1 is 0.561 bits per heavy atom. The number of hydrogen-bond donors (Lipinski definition) is 6. The first-order valence-electron chi connectivity index (χ1n) is 21.5. The maximum absolute atomic E-state index is 14.5. The highest BCUT2D eigenvalue weighted by Gasteiger charge is 2.23. The molecular formula is C44H56F2N6O14. The largest absolute Gasteiger partial charge is 0.550 e. The number of unbranched alkanes of at least 4 members (excludes halogenated alkanes) is 2. The lowest BCUT2D eigenvalue weighted by atomic mass is 10.1. The first-order chi connectivity index (χ1) is 31.3. The Kier molecular flexibility index (Phi) is 21.1. The van der Waals surface area contributed by atoms with Crippen molar-refractivity contribution in [1.82, 2.24) is 9.13 Å². The monoisotopic (exact) mass is 930 g/mol. The Balaban J connectivity index is 0.000000252. The number of fused-ring (bicyclic) bond motifs is 2. The van der Waals surface area contributed by atoms with E-state index in [4.69, 9.17) is 20.4 Å². The Morgan fingerprint density at radius 3 is 1.15 bits per heavy atom. The van der Waals surface area contributed by atoms with E-state index in [0.717, 1.165) is 52.4 Å². The zero-order chi connectivity index (χ0) is 49.1. The van der Waals surface area contributed by atoms with Crippen molar-refractivity contribution in [2.24, 2.45) is 0 Å². The van der Waals surface area contributed by atoms with E-state index in [0.29, 0.717) is 61.2 Å². The number of halogens is 2. The van der Waals surface area contributed by atoms with Gasteiger partial charge in [0.05, 0.1) is 74.8 Å². The maximum Gasteiger partial charge on any atom is 0.341 e. The number of nitrogens with two attached hydrogens (primary N) is 2. The number of anilines is 2. The molecular weight excluding hydrogens is 875 g/mol. The lowest BCUT2D eigenvalue weighted by Gasteiger charge is -2.28. The number of nitrogens with zero attached hydrogens (tertiary/aromatic N) is 4. The second-order valence-electron chi connectivity index (χ2n) is 15.2. The molecule has 8 N–H and O–H groups in total. The van der Waals surface area contributed by atoms with Crippen LogP contribution in [-0.4, -0.2) is 118 Å². The number of rotatable bonds is 16. The van der Waals surface area contributed by atoms with Gasteiger partial charge in [0.15, 0.2) is 0 Å². The van der Waals surface area contributed by atoms with Crippen LogP contribution in [0.4, 0.5) is 20.2 Å². The van der Waals surface area contributed by atoms with E-state index >= 15 is 0 Å². The number of carboxylic acids is 6. The van der Waals surface area contributed by atoms with Gasteiger partial charge >= 0.3 is 23.9 Å². The lowest BCUT2D eigenvalue weighted by Crippen LogP contribution is -2.89. The zero-order valence-corrected chi connectivity index (χ0v) is 36.8. The van der Waals surface area contributed by atoms with Gasteiger partial charge in [0.1, 0.15) is 22.8 Å². The van der Waals surface area contributed by atoms with Crippen LogP contribution < -0.4 is 41.5 Å². The molecule has 0 bridgehead atoms. The van der Waals surface area contributed by atoms with Gasteiger partial charge in [-0.15, -0.1) is 0 Å². The molecule has 0 amide bonds.